The van der Waals surface area contributed by atoms with Crippen LogP contribution in [0.15, 0.2) is 82.2 Å². The lowest BCUT2D eigenvalue weighted by Crippen LogP contribution is -2.14. The molecular weight excluding hydrogens is 420 g/mol. The van der Waals surface area contributed by atoms with E-state index in [0.29, 0.717) is 23.0 Å². The van der Waals surface area contributed by atoms with Crippen molar-refractivity contribution in [2.45, 2.75) is 24.0 Å². The molecule has 0 saturated carbocycles. The summed E-state index contributed by atoms with van der Waals surface area (Å²) in [5.41, 5.74) is 5.14. The average molecular weight is 443 g/mol. The molecule has 7 heteroatoms. The lowest BCUT2D eigenvalue weighted by molar-refractivity contribution is 0.102. The molecular formula is C25H22N4O2S. The minimum absolute atomic E-state index is 0.142. The molecule has 6 nitrogen and oxygen atoms in total. The zero-order valence-corrected chi connectivity index (χ0v) is 18.4. The number of nitrogens with zero attached hydrogens (tertiary/aromatic N) is 3. The monoisotopic (exact) mass is 442 g/mol. The SMILES string of the molecule is Cc1nc(CSc2ccccc2C(=O)Nc2ccc(N3CCc4ccccc43)cc2)no1. The van der Waals surface area contributed by atoms with E-state index < -0.39 is 0 Å². The second-order valence-corrected chi connectivity index (χ2v) is 8.56. The number of fused-ring (bicyclic) bond motifs is 1. The summed E-state index contributed by atoms with van der Waals surface area (Å²) in [6.07, 6.45) is 1.05. The van der Waals surface area contributed by atoms with Crippen molar-refractivity contribution in [2.75, 3.05) is 16.8 Å². The van der Waals surface area contributed by atoms with Crippen molar-refractivity contribution in [2.24, 2.45) is 0 Å². The van der Waals surface area contributed by atoms with E-state index in [4.69, 9.17) is 4.52 Å². The number of aromatic nitrogens is 2. The molecule has 1 amide bonds. The number of carbonyl (C=O) groups excluding carboxylic acids is 1. The molecule has 0 spiro atoms. The van der Waals surface area contributed by atoms with Gasteiger partial charge in [0.15, 0.2) is 5.82 Å². The van der Waals surface area contributed by atoms with Crippen LogP contribution in [0.25, 0.3) is 0 Å². The number of hydrogen-bond donors (Lipinski definition) is 1. The van der Waals surface area contributed by atoms with Crippen LogP contribution in [0.2, 0.25) is 0 Å². The molecule has 0 unspecified atom stereocenters. The van der Waals surface area contributed by atoms with Gasteiger partial charge in [-0.15, -0.1) is 11.8 Å². The molecule has 0 saturated heterocycles. The highest BCUT2D eigenvalue weighted by atomic mass is 32.2. The molecule has 1 N–H and O–H groups in total. The van der Waals surface area contributed by atoms with Gasteiger partial charge in [0.05, 0.1) is 11.3 Å². The Bertz CT molecular complexity index is 1250. The second-order valence-electron chi connectivity index (χ2n) is 7.55. The van der Waals surface area contributed by atoms with E-state index in [1.54, 1.807) is 6.92 Å². The molecule has 160 valence electrons. The van der Waals surface area contributed by atoms with E-state index in [9.17, 15) is 4.79 Å². The molecule has 0 bridgehead atoms. The highest BCUT2D eigenvalue weighted by Crippen LogP contribution is 2.34. The van der Waals surface area contributed by atoms with E-state index in [-0.39, 0.29) is 5.91 Å². The van der Waals surface area contributed by atoms with E-state index >= 15 is 0 Å². The fourth-order valence-corrected chi connectivity index (χ4v) is 4.74. The topological polar surface area (TPSA) is 71.3 Å². The van der Waals surface area contributed by atoms with E-state index in [2.05, 4.69) is 56.8 Å². The molecule has 2 heterocycles. The predicted octanol–water partition coefficient (Wildman–Crippen LogP) is 5.62. The fraction of sp³-hybridized carbons (Fsp3) is 0.160. The third-order valence-electron chi connectivity index (χ3n) is 5.38. The Morgan fingerprint density at radius 2 is 1.84 bits per heavy atom. The number of para-hydroxylation sites is 1. The lowest BCUT2D eigenvalue weighted by Gasteiger charge is -2.20. The smallest absolute Gasteiger partial charge is 0.256 e. The van der Waals surface area contributed by atoms with Crippen LogP contribution in [0, 0.1) is 6.92 Å². The van der Waals surface area contributed by atoms with Crippen LogP contribution in [0.1, 0.15) is 27.6 Å². The number of anilines is 3. The standard InChI is InChI=1S/C25H22N4O2S/c1-17-26-24(28-31-17)16-32-23-9-5-3-7-21(23)25(30)27-19-10-12-20(13-11-19)29-15-14-18-6-2-4-8-22(18)29/h2-13H,14-16H2,1H3,(H,27,30). The summed E-state index contributed by atoms with van der Waals surface area (Å²) in [5.74, 6) is 1.54. The maximum Gasteiger partial charge on any atom is 0.256 e. The number of carbonyl (C=O) groups is 1. The van der Waals surface area contributed by atoms with Gasteiger partial charge in [-0.25, -0.2) is 0 Å². The first-order chi connectivity index (χ1) is 15.7. The molecule has 0 atom stereocenters. The van der Waals surface area contributed by atoms with Gasteiger partial charge in [0.2, 0.25) is 5.89 Å². The average Bonchev–Trinajstić information content (AvgIpc) is 3.44. The molecule has 0 fully saturated rings. The Hall–Kier alpha value is -3.58. The quantitative estimate of drug-likeness (QED) is 0.391. The first-order valence-corrected chi connectivity index (χ1v) is 11.4. The number of aryl methyl sites for hydroxylation is 1. The summed E-state index contributed by atoms with van der Waals surface area (Å²) >= 11 is 1.51. The molecule has 4 aromatic rings. The third-order valence-corrected chi connectivity index (χ3v) is 6.45. The van der Waals surface area contributed by atoms with Crippen molar-refractivity contribution in [3.63, 3.8) is 0 Å². The Morgan fingerprint density at radius 3 is 2.66 bits per heavy atom. The van der Waals surface area contributed by atoms with E-state index in [1.807, 2.05) is 36.4 Å². The molecule has 32 heavy (non-hydrogen) atoms. The third kappa shape index (κ3) is 4.24. The van der Waals surface area contributed by atoms with Gasteiger partial charge in [0, 0.05) is 35.4 Å². The Kier molecular flexibility index (Phi) is 5.64. The summed E-state index contributed by atoms with van der Waals surface area (Å²) in [7, 11) is 0. The zero-order valence-electron chi connectivity index (χ0n) is 17.6. The van der Waals surface area contributed by atoms with Crippen molar-refractivity contribution in [3.05, 3.63) is 95.6 Å². The number of nitrogens with one attached hydrogen (secondary N) is 1. The van der Waals surface area contributed by atoms with Gasteiger partial charge in [0.25, 0.3) is 5.91 Å². The number of rotatable bonds is 6. The number of hydrogen-bond acceptors (Lipinski definition) is 6. The summed E-state index contributed by atoms with van der Waals surface area (Å²) in [6, 6.07) is 24.0. The van der Waals surface area contributed by atoms with Gasteiger partial charge in [-0.05, 0) is 54.4 Å². The van der Waals surface area contributed by atoms with Crippen LogP contribution in [-0.4, -0.2) is 22.6 Å². The number of amides is 1. The van der Waals surface area contributed by atoms with Crippen LogP contribution in [0.5, 0.6) is 0 Å². The van der Waals surface area contributed by atoms with Crippen molar-refractivity contribution in [1.29, 1.82) is 0 Å². The molecule has 5 rings (SSSR count). The molecule has 1 aromatic heterocycles. The van der Waals surface area contributed by atoms with E-state index in [1.165, 1.54) is 23.0 Å². The van der Waals surface area contributed by atoms with Gasteiger partial charge >= 0.3 is 0 Å². The maximum atomic E-state index is 13.0. The normalized spacial score (nSPS) is 12.6. The van der Waals surface area contributed by atoms with Crippen LogP contribution < -0.4 is 10.2 Å². The summed E-state index contributed by atoms with van der Waals surface area (Å²) in [5, 5.41) is 6.93. The Balaban J connectivity index is 1.27. The van der Waals surface area contributed by atoms with Gasteiger partial charge in [-0.1, -0.05) is 35.5 Å². The molecule has 1 aliphatic rings. The first kappa shape index (κ1) is 20.3. The molecule has 0 aliphatic carbocycles. The van der Waals surface area contributed by atoms with E-state index in [0.717, 1.165) is 29.2 Å². The minimum atomic E-state index is -0.142. The van der Waals surface area contributed by atoms with Gasteiger partial charge in [-0.2, -0.15) is 4.98 Å². The molecule has 1 aliphatic heterocycles. The van der Waals surface area contributed by atoms with Crippen LogP contribution >= 0.6 is 11.8 Å². The summed E-state index contributed by atoms with van der Waals surface area (Å²) in [6.45, 7) is 2.73. The zero-order chi connectivity index (χ0) is 21.9. The minimum Gasteiger partial charge on any atom is -0.341 e. The Morgan fingerprint density at radius 1 is 1.06 bits per heavy atom. The maximum absolute atomic E-state index is 13.0. The van der Waals surface area contributed by atoms with Crippen LogP contribution in [-0.2, 0) is 12.2 Å². The largest absolute Gasteiger partial charge is 0.341 e. The van der Waals surface area contributed by atoms with Crippen molar-refractivity contribution >= 4 is 34.7 Å². The van der Waals surface area contributed by atoms with Crippen molar-refractivity contribution in [3.8, 4) is 0 Å². The lowest BCUT2D eigenvalue weighted by atomic mass is 10.2. The second kappa shape index (κ2) is 8.88. The summed E-state index contributed by atoms with van der Waals surface area (Å²) in [4.78, 5) is 20.4. The predicted molar refractivity (Wildman–Crippen MR) is 127 cm³/mol. The first-order valence-electron chi connectivity index (χ1n) is 10.5. The number of benzene rings is 3. The summed E-state index contributed by atoms with van der Waals surface area (Å²) < 4.78 is 5.02. The van der Waals surface area contributed by atoms with Gasteiger partial charge < -0.3 is 14.7 Å². The van der Waals surface area contributed by atoms with Crippen molar-refractivity contribution in [1.82, 2.24) is 10.1 Å². The molecule has 3 aromatic carbocycles. The van der Waals surface area contributed by atoms with Gasteiger partial charge in [-0.3, -0.25) is 4.79 Å². The Labute approximate surface area is 190 Å². The number of thioether (sulfide) groups is 1. The highest BCUT2D eigenvalue weighted by molar-refractivity contribution is 7.98. The molecule has 0 radical (unpaired) electrons. The fourth-order valence-electron chi connectivity index (χ4n) is 3.85. The van der Waals surface area contributed by atoms with Gasteiger partial charge in [0.1, 0.15) is 0 Å². The van der Waals surface area contributed by atoms with Crippen LogP contribution in [0.4, 0.5) is 17.1 Å². The van der Waals surface area contributed by atoms with Crippen LogP contribution in [0.3, 0.4) is 0 Å². The highest BCUT2D eigenvalue weighted by Gasteiger charge is 2.20. The van der Waals surface area contributed by atoms with Crippen molar-refractivity contribution < 1.29 is 9.32 Å².